The van der Waals surface area contributed by atoms with Crippen LogP contribution in [0.1, 0.15) is 31.7 Å². The van der Waals surface area contributed by atoms with Crippen LogP contribution in [0.5, 0.6) is 0 Å². The van der Waals surface area contributed by atoms with Crippen molar-refractivity contribution < 1.29 is 14.3 Å². The Morgan fingerprint density at radius 1 is 1.22 bits per heavy atom. The number of nitrogens with zero attached hydrogens (tertiary/aromatic N) is 3. The fourth-order valence-corrected chi connectivity index (χ4v) is 2.80. The third-order valence-electron chi connectivity index (χ3n) is 4.45. The van der Waals surface area contributed by atoms with Gasteiger partial charge in [-0.1, -0.05) is 18.2 Å². The van der Waals surface area contributed by atoms with Crippen molar-refractivity contribution in [3.63, 3.8) is 0 Å². The quantitative estimate of drug-likeness (QED) is 0.912. The standard InChI is InChI=1S/C17H23N3O3/c1-13(20(2)12-17(21)8-10-22-11-9-17)15-18-19-16(23-15)14-6-4-3-5-7-14/h3-7,13,21H,8-12H2,1-2H3. The summed E-state index contributed by atoms with van der Waals surface area (Å²) in [5, 5.41) is 18.9. The number of hydrogen-bond acceptors (Lipinski definition) is 6. The monoisotopic (exact) mass is 317 g/mol. The van der Waals surface area contributed by atoms with E-state index >= 15 is 0 Å². The van der Waals surface area contributed by atoms with E-state index in [1.165, 1.54) is 0 Å². The Morgan fingerprint density at radius 2 is 1.91 bits per heavy atom. The van der Waals surface area contributed by atoms with E-state index in [-0.39, 0.29) is 6.04 Å². The summed E-state index contributed by atoms with van der Waals surface area (Å²) in [4.78, 5) is 2.05. The van der Waals surface area contributed by atoms with Gasteiger partial charge in [0, 0.05) is 38.2 Å². The van der Waals surface area contributed by atoms with Crippen molar-refractivity contribution in [2.24, 2.45) is 0 Å². The molecule has 1 atom stereocenters. The molecule has 1 aromatic heterocycles. The normalized spacial score (nSPS) is 19.0. The average Bonchev–Trinajstić information content (AvgIpc) is 3.05. The predicted octanol–water partition coefficient (Wildman–Crippen LogP) is 2.27. The molecule has 1 unspecified atom stereocenters. The Balaban J connectivity index is 1.68. The molecule has 1 aliphatic rings. The summed E-state index contributed by atoms with van der Waals surface area (Å²) < 4.78 is 11.1. The summed E-state index contributed by atoms with van der Waals surface area (Å²) in [7, 11) is 1.96. The number of rotatable bonds is 5. The summed E-state index contributed by atoms with van der Waals surface area (Å²) in [5.74, 6) is 1.08. The molecule has 1 fully saturated rings. The second kappa shape index (κ2) is 6.78. The van der Waals surface area contributed by atoms with E-state index in [0.717, 1.165) is 5.56 Å². The number of benzene rings is 1. The number of likely N-dealkylation sites (N-methyl/N-ethyl adjacent to an activating group) is 1. The Labute approximate surface area is 136 Å². The van der Waals surface area contributed by atoms with Gasteiger partial charge in [-0.25, -0.2) is 0 Å². The molecule has 0 spiro atoms. The largest absolute Gasteiger partial charge is 0.419 e. The van der Waals surface area contributed by atoms with Gasteiger partial charge in [-0.05, 0) is 26.1 Å². The van der Waals surface area contributed by atoms with Crippen molar-refractivity contribution in [3.8, 4) is 11.5 Å². The minimum Gasteiger partial charge on any atom is -0.419 e. The molecule has 6 heteroatoms. The van der Waals surface area contributed by atoms with E-state index in [9.17, 15) is 5.11 Å². The van der Waals surface area contributed by atoms with Gasteiger partial charge in [0.2, 0.25) is 11.8 Å². The van der Waals surface area contributed by atoms with Crippen LogP contribution in [0.15, 0.2) is 34.7 Å². The first-order chi connectivity index (χ1) is 11.1. The maximum Gasteiger partial charge on any atom is 0.247 e. The van der Waals surface area contributed by atoms with E-state index in [0.29, 0.717) is 44.4 Å². The summed E-state index contributed by atoms with van der Waals surface area (Å²) in [5.41, 5.74) is 0.202. The molecule has 0 radical (unpaired) electrons. The van der Waals surface area contributed by atoms with Gasteiger partial charge in [-0.15, -0.1) is 10.2 Å². The molecule has 2 heterocycles. The first kappa shape index (κ1) is 16.1. The van der Waals surface area contributed by atoms with E-state index in [4.69, 9.17) is 9.15 Å². The van der Waals surface area contributed by atoms with Crippen molar-refractivity contribution in [1.82, 2.24) is 15.1 Å². The highest BCUT2D eigenvalue weighted by molar-refractivity contribution is 5.51. The molecule has 1 aromatic carbocycles. The van der Waals surface area contributed by atoms with Crippen LogP contribution in [0.3, 0.4) is 0 Å². The van der Waals surface area contributed by atoms with Crippen LogP contribution in [-0.2, 0) is 4.74 Å². The molecule has 0 aliphatic carbocycles. The predicted molar refractivity (Wildman–Crippen MR) is 85.8 cm³/mol. The smallest absolute Gasteiger partial charge is 0.247 e. The van der Waals surface area contributed by atoms with Crippen molar-refractivity contribution in [2.75, 3.05) is 26.8 Å². The maximum atomic E-state index is 10.6. The van der Waals surface area contributed by atoms with Crippen LogP contribution < -0.4 is 0 Å². The van der Waals surface area contributed by atoms with Crippen molar-refractivity contribution in [2.45, 2.75) is 31.4 Å². The molecule has 3 rings (SSSR count). The molecule has 0 bridgehead atoms. The van der Waals surface area contributed by atoms with Gasteiger partial charge in [-0.2, -0.15) is 0 Å². The van der Waals surface area contributed by atoms with E-state index in [2.05, 4.69) is 10.2 Å². The van der Waals surface area contributed by atoms with Crippen LogP contribution in [0.25, 0.3) is 11.5 Å². The van der Waals surface area contributed by atoms with E-state index < -0.39 is 5.60 Å². The average molecular weight is 317 g/mol. The number of aliphatic hydroxyl groups is 1. The fourth-order valence-electron chi connectivity index (χ4n) is 2.80. The minimum atomic E-state index is -0.705. The molecule has 1 saturated heterocycles. The zero-order chi connectivity index (χ0) is 16.3. The van der Waals surface area contributed by atoms with Gasteiger partial charge >= 0.3 is 0 Å². The van der Waals surface area contributed by atoms with Gasteiger partial charge < -0.3 is 14.3 Å². The molecule has 124 valence electrons. The molecule has 0 amide bonds. The Bertz CT molecular complexity index is 623. The molecule has 1 aliphatic heterocycles. The molecule has 2 aromatic rings. The van der Waals surface area contributed by atoms with Crippen molar-refractivity contribution >= 4 is 0 Å². The number of hydrogen-bond donors (Lipinski definition) is 1. The first-order valence-electron chi connectivity index (χ1n) is 7.97. The van der Waals surface area contributed by atoms with Gasteiger partial charge in [0.25, 0.3) is 0 Å². The van der Waals surface area contributed by atoms with Crippen LogP contribution in [0.2, 0.25) is 0 Å². The lowest BCUT2D eigenvalue weighted by molar-refractivity contribution is -0.0818. The number of aromatic nitrogens is 2. The van der Waals surface area contributed by atoms with E-state index in [1.807, 2.05) is 49.2 Å². The zero-order valence-electron chi connectivity index (χ0n) is 13.6. The summed E-state index contributed by atoms with van der Waals surface area (Å²) in [6, 6.07) is 9.65. The highest BCUT2D eigenvalue weighted by Gasteiger charge is 2.33. The van der Waals surface area contributed by atoms with E-state index in [1.54, 1.807) is 0 Å². The zero-order valence-corrected chi connectivity index (χ0v) is 13.6. The second-order valence-corrected chi connectivity index (χ2v) is 6.24. The van der Waals surface area contributed by atoms with Gasteiger partial charge in [0.15, 0.2) is 0 Å². The lowest BCUT2D eigenvalue weighted by Gasteiger charge is -2.36. The topological polar surface area (TPSA) is 71.6 Å². The lowest BCUT2D eigenvalue weighted by atomic mass is 9.93. The SMILES string of the molecule is CC(c1nnc(-c2ccccc2)o1)N(C)CC1(O)CCOCC1. The molecule has 1 N–H and O–H groups in total. The minimum absolute atomic E-state index is 0.0631. The second-order valence-electron chi connectivity index (χ2n) is 6.24. The Morgan fingerprint density at radius 3 is 2.61 bits per heavy atom. The van der Waals surface area contributed by atoms with Crippen LogP contribution in [0.4, 0.5) is 0 Å². The first-order valence-corrected chi connectivity index (χ1v) is 7.97. The highest BCUT2D eigenvalue weighted by Crippen LogP contribution is 2.27. The van der Waals surface area contributed by atoms with Crippen molar-refractivity contribution in [1.29, 1.82) is 0 Å². The summed E-state index contributed by atoms with van der Waals surface area (Å²) in [6.07, 6.45) is 1.31. The van der Waals surface area contributed by atoms with Gasteiger partial charge in [-0.3, -0.25) is 4.90 Å². The highest BCUT2D eigenvalue weighted by atomic mass is 16.5. The third-order valence-corrected chi connectivity index (χ3v) is 4.45. The van der Waals surface area contributed by atoms with Crippen molar-refractivity contribution in [3.05, 3.63) is 36.2 Å². The lowest BCUT2D eigenvalue weighted by Crippen LogP contribution is -2.46. The molecular weight excluding hydrogens is 294 g/mol. The Kier molecular flexibility index (Phi) is 4.75. The Hall–Kier alpha value is -1.76. The number of ether oxygens (including phenoxy) is 1. The van der Waals surface area contributed by atoms with Crippen LogP contribution in [0, 0.1) is 0 Å². The van der Waals surface area contributed by atoms with Crippen LogP contribution in [-0.4, -0.2) is 52.6 Å². The summed E-state index contributed by atoms with van der Waals surface area (Å²) >= 11 is 0. The summed E-state index contributed by atoms with van der Waals surface area (Å²) in [6.45, 7) is 3.78. The molecule has 23 heavy (non-hydrogen) atoms. The maximum absolute atomic E-state index is 10.6. The molecule has 6 nitrogen and oxygen atoms in total. The van der Waals surface area contributed by atoms with Gasteiger partial charge in [0.05, 0.1) is 11.6 Å². The third kappa shape index (κ3) is 3.77. The van der Waals surface area contributed by atoms with Crippen LogP contribution >= 0.6 is 0 Å². The van der Waals surface area contributed by atoms with Gasteiger partial charge in [0.1, 0.15) is 0 Å². The molecular formula is C17H23N3O3. The molecule has 0 saturated carbocycles. The fraction of sp³-hybridized carbons (Fsp3) is 0.529.